The Morgan fingerprint density at radius 1 is 0.113 bits per heavy atom. The van der Waals surface area contributed by atoms with Gasteiger partial charge in [0.15, 0.2) is 0 Å². The zero-order chi connectivity index (χ0) is 80.2. The SMILES string of the molecule is CC1(C)CCCC1(C)C.CC1(C)CCCC1(C)C.CC1(C)CCCC1(C)C.CC1(C)CCCC1(C)C.CC1(C2(C)CCCCC2)CCCCC1.CC12CCCC1(C)CCC2.CC12CCCCC1(C)CCCC2.CC[C@@]1(C)CCCC[C@@]1(C)CC.CC[C@@]1(C)CCC[C@@]1(C)CC.C[C@@]12CCCC[C@]1(C)CCC2. The van der Waals surface area contributed by atoms with Gasteiger partial charge in [0, 0.05) is 0 Å². The molecule has 14 saturated carbocycles. The lowest BCUT2D eigenvalue weighted by molar-refractivity contribution is -0.0261. The Morgan fingerprint density at radius 3 is 0.330 bits per heavy atom. The minimum Gasteiger partial charge on any atom is -0.0648 e. The Labute approximate surface area is 672 Å². The Balaban J connectivity index is 0.000000212. The largest absolute Gasteiger partial charge is 0.0648 e. The molecule has 14 aliphatic carbocycles. The monoisotopic (exact) mass is 1480 g/mol. The second kappa shape index (κ2) is 37.5. The molecule has 106 heavy (non-hydrogen) atoms. The van der Waals surface area contributed by atoms with Gasteiger partial charge in [0.1, 0.15) is 0 Å². The first-order valence-corrected chi connectivity index (χ1v) is 48.6. The molecule has 14 fully saturated rings. The highest BCUT2D eigenvalue weighted by atomic mass is 14.6. The third-order valence-electron chi connectivity index (χ3n) is 42.2. The lowest BCUT2D eigenvalue weighted by Gasteiger charge is -2.53. The maximum Gasteiger partial charge on any atom is -0.0272 e. The average Bonchev–Trinajstić information content (AvgIpc) is 1.71. The molecule has 14 rings (SSSR count). The van der Waals surface area contributed by atoms with Crippen molar-refractivity contribution in [3.63, 3.8) is 0 Å². The summed E-state index contributed by atoms with van der Waals surface area (Å²) in [7, 11) is 0. The van der Waals surface area contributed by atoms with E-state index >= 15 is 0 Å². The standard InChI is InChI=1S/C14H26.C12H22.C12H24.C11H20.C11H22.C10H18.4C9H18/c1-13(9-5-3-6-10-13)14(2)11-7-4-8-12-14;1-11-7-3-5-9-12(11,2)10-6-4-8-11;1-5-11(3)9-7-8-10-12(11,4)6-2;1-10-6-3-4-7-11(10,2)9-5-8-10;1-5-10(3)8-7-9-11(10,4)6-2;1-9-5-3-7-10(9,2)8-4-6-9;4*1-8(2)6-5-7-9(8,3)4/h3-12H2,1-2H3;3-10H2,1-2H3;5-10H2,1-4H3;3-9H2,1-2H3;5-9H2,1-4H3;3-8H2,1-2H3;4*5-7H2,1-4H3/t;;11-,12+;2*10-,11+;;;;;. The Bertz CT molecular complexity index is 2180. The van der Waals surface area contributed by atoms with E-state index in [0.717, 1.165) is 21.7 Å². The van der Waals surface area contributed by atoms with Crippen LogP contribution < -0.4 is 0 Å². The molecule has 0 radical (unpaired) electrons. The topological polar surface area (TPSA) is 0 Å². The molecule has 0 heteroatoms. The quantitative estimate of drug-likeness (QED) is 0.257. The van der Waals surface area contributed by atoms with Crippen LogP contribution in [0, 0.1) is 108 Å². The van der Waals surface area contributed by atoms with Crippen molar-refractivity contribution in [3.8, 4) is 0 Å². The molecule has 0 N–H and O–H groups in total. The van der Waals surface area contributed by atoms with Crippen molar-refractivity contribution in [2.75, 3.05) is 0 Å². The molecule has 0 saturated heterocycles. The van der Waals surface area contributed by atoms with Crippen LogP contribution in [0.3, 0.4) is 0 Å². The molecule has 0 heterocycles. The molecule has 0 spiro atoms. The summed E-state index contributed by atoms with van der Waals surface area (Å²) in [6, 6.07) is 0. The summed E-state index contributed by atoms with van der Waals surface area (Å²) < 4.78 is 0. The van der Waals surface area contributed by atoms with E-state index in [1.807, 2.05) is 0 Å². The van der Waals surface area contributed by atoms with Crippen LogP contribution in [0.2, 0.25) is 0 Å². The van der Waals surface area contributed by atoms with Crippen molar-refractivity contribution in [1.82, 2.24) is 0 Å². The van der Waals surface area contributed by atoms with E-state index in [-0.39, 0.29) is 0 Å². The van der Waals surface area contributed by atoms with Gasteiger partial charge in [0.2, 0.25) is 0 Å². The Morgan fingerprint density at radius 2 is 0.208 bits per heavy atom. The van der Waals surface area contributed by atoms with Crippen molar-refractivity contribution in [2.24, 2.45) is 108 Å². The van der Waals surface area contributed by atoms with Gasteiger partial charge in [-0.2, -0.15) is 0 Å². The van der Waals surface area contributed by atoms with E-state index < -0.39 is 0 Å². The Hall–Kier alpha value is 0. The molecule has 0 aliphatic heterocycles. The van der Waals surface area contributed by atoms with Gasteiger partial charge in [-0.1, -0.05) is 389 Å². The fourth-order valence-electron chi connectivity index (χ4n) is 26.1. The number of hydrogen-bond donors (Lipinski definition) is 0. The van der Waals surface area contributed by atoms with Crippen LogP contribution >= 0.6 is 0 Å². The smallest absolute Gasteiger partial charge is 0.0272 e. The molecule has 0 nitrogen and oxygen atoms in total. The van der Waals surface area contributed by atoms with Crippen LogP contribution in [-0.2, 0) is 0 Å². The van der Waals surface area contributed by atoms with Gasteiger partial charge in [0.25, 0.3) is 0 Å². The lowest BCUT2D eigenvalue weighted by atomic mass is 9.52. The minimum absolute atomic E-state index is 0.590. The van der Waals surface area contributed by atoms with Crippen LogP contribution in [0.4, 0.5) is 0 Å². The van der Waals surface area contributed by atoms with Crippen molar-refractivity contribution in [3.05, 3.63) is 0 Å². The van der Waals surface area contributed by atoms with Gasteiger partial charge in [-0.25, -0.2) is 0 Å². The molecule has 0 aromatic carbocycles. The van der Waals surface area contributed by atoms with E-state index in [2.05, 4.69) is 222 Å². The molecule has 0 aromatic heterocycles. The van der Waals surface area contributed by atoms with E-state index in [1.54, 1.807) is 0 Å². The molecular weight excluding hydrogens is 1270 g/mol. The molecule has 0 bridgehead atoms. The van der Waals surface area contributed by atoms with Crippen LogP contribution in [-0.4, -0.2) is 0 Å². The second-order valence-electron chi connectivity index (χ2n) is 50.0. The fraction of sp³-hybridized carbons (Fsp3) is 1.00. The molecule has 0 aromatic rings. The summed E-state index contributed by atoms with van der Waals surface area (Å²) >= 11 is 0. The van der Waals surface area contributed by atoms with E-state index in [4.69, 9.17) is 0 Å². The fourth-order valence-corrected chi connectivity index (χ4v) is 26.1. The highest BCUT2D eigenvalue weighted by Gasteiger charge is 2.54. The second-order valence-corrected chi connectivity index (χ2v) is 50.0. The highest BCUT2D eigenvalue weighted by molar-refractivity contribution is 5.04. The van der Waals surface area contributed by atoms with Gasteiger partial charge in [-0.15, -0.1) is 0 Å². The van der Waals surface area contributed by atoms with Gasteiger partial charge in [0.05, 0.1) is 0 Å². The normalized spacial score (nSPS) is 39.8. The Kier molecular flexibility index (Phi) is 34.2. The first kappa shape index (κ1) is 96.6. The van der Waals surface area contributed by atoms with Gasteiger partial charge in [-0.3, -0.25) is 0 Å². The predicted molar refractivity (Wildman–Crippen MR) is 480 cm³/mol. The zero-order valence-corrected chi connectivity index (χ0v) is 80.2. The van der Waals surface area contributed by atoms with Gasteiger partial charge in [-0.05, 0) is 288 Å². The summed E-state index contributed by atoms with van der Waals surface area (Å²) in [5.41, 5.74) is 13.0. The number of fused-ring (bicyclic) bond motifs is 3. The summed E-state index contributed by atoms with van der Waals surface area (Å²) in [4.78, 5) is 0. The first-order chi connectivity index (χ1) is 48.6. The lowest BCUT2D eigenvalue weighted by Crippen LogP contribution is -2.42. The number of hydrogen-bond acceptors (Lipinski definition) is 0. The minimum atomic E-state index is 0.590. The molecule has 0 amide bonds. The molecular formula is C106H204. The van der Waals surface area contributed by atoms with Gasteiger partial charge >= 0.3 is 0 Å². The highest BCUT2D eigenvalue weighted by Crippen LogP contribution is 2.65. The average molecular weight is 1480 g/mol. The maximum absolute atomic E-state index is 2.58. The first-order valence-electron chi connectivity index (χ1n) is 48.6. The molecule has 6 atom stereocenters. The van der Waals surface area contributed by atoms with Crippen molar-refractivity contribution < 1.29 is 0 Å². The summed E-state index contributed by atoms with van der Waals surface area (Å²) in [6.07, 6.45) is 79.1. The number of rotatable bonds is 5. The summed E-state index contributed by atoms with van der Waals surface area (Å²) in [5, 5.41) is 0. The van der Waals surface area contributed by atoms with Crippen LogP contribution in [0.25, 0.3) is 0 Å². The predicted octanol–water partition coefficient (Wildman–Crippen LogP) is 37.5. The summed E-state index contributed by atoms with van der Waals surface area (Å²) in [5.74, 6) is 0. The van der Waals surface area contributed by atoms with Crippen molar-refractivity contribution in [2.45, 2.75) is 568 Å². The van der Waals surface area contributed by atoms with E-state index in [0.29, 0.717) is 86.6 Å². The van der Waals surface area contributed by atoms with Crippen molar-refractivity contribution in [1.29, 1.82) is 0 Å². The van der Waals surface area contributed by atoms with Crippen LogP contribution in [0.5, 0.6) is 0 Å². The third kappa shape index (κ3) is 22.4. The van der Waals surface area contributed by atoms with Crippen molar-refractivity contribution >= 4 is 0 Å². The van der Waals surface area contributed by atoms with Crippen LogP contribution in [0.1, 0.15) is 568 Å². The van der Waals surface area contributed by atoms with E-state index in [1.165, 1.54) is 347 Å². The van der Waals surface area contributed by atoms with E-state index in [9.17, 15) is 0 Å². The maximum atomic E-state index is 2.58. The zero-order valence-electron chi connectivity index (χ0n) is 80.2. The van der Waals surface area contributed by atoms with Crippen LogP contribution in [0.15, 0.2) is 0 Å². The van der Waals surface area contributed by atoms with Gasteiger partial charge < -0.3 is 0 Å². The molecule has 14 aliphatic rings. The third-order valence-corrected chi connectivity index (χ3v) is 42.2. The summed E-state index contributed by atoms with van der Waals surface area (Å²) in [6.45, 7) is 77.9. The molecule has 0 unspecified atom stereocenters. The molecule has 628 valence electrons.